The Labute approximate surface area is 92.6 Å². The van der Waals surface area contributed by atoms with Gasteiger partial charge in [-0.05, 0) is 42.0 Å². The minimum atomic E-state index is -4.68. The molecule has 0 N–H and O–H groups in total. The number of aromatic nitrogens is 1. The third-order valence-corrected chi connectivity index (χ3v) is 3.24. The summed E-state index contributed by atoms with van der Waals surface area (Å²) in [7, 11) is 0. The third kappa shape index (κ3) is 2.73. The molecule has 0 saturated heterocycles. The average Bonchev–Trinajstić information content (AvgIpc) is 2.04. The molecule has 2 nitrogen and oxygen atoms in total. The second-order valence-corrected chi connectivity index (χ2v) is 3.81. The van der Waals surface area contributed by atoms with E-state index in [0.29, 0.717) is 5.56 Å². The molecule has 1 aromatic heterocycles. The van der Waals surface area contributed by atoms with Gasteiger partial charge in [0.15, 0.2) is 0 Å². The molecule has 6 heteroatoms. The molecular weight excluding hydrogens is 310 g/mol. The zero-order valence-electron chi connectivity index (χ0n) is 7.44. The van der Waals surface area contributed by atoms with Crippen LogP contribution in [-0.2, 0) is 0 Å². The average molecular weight is 317 g/mol. The highest BCUT2D eigenvalue weighted by Crippen LogP contribution is 2.27. The monoisotopic (exact) mass is 317 g/mol. The van der Waals surface area contributed by atoms with Crippen LogP contribution >= 0.6 is 22.6 Å². The van der Waals surface area contributed by atoms with Crippen molar-refractivity contribution in [3.63, 3.8) is 0 Å². The summed E-state index contributed by atoms with van der Waals surface area (Å²) >= 11 is 1.96. The number of hydrogen-bond donors (Lipinski definition) is 0. The Morgan fingerprint density at radius 3 is 2.43 bits per heavy atom. The summed E-state index contributed by atoms with van der Waals surface area (Å²) in [6.07, 6.45) is -3.33. The zero-order valence-corrected chi connectivity index (χ0v) is 9.60. The van der Waals surface area contributed by atoms with Crippen molar-refractivity contribution in [3.05, 3.63) is 20.9 Å². The summed E-state index contributed by atoms with van der Waals surface area (Å²) in [5.41, 5.74) is 1.24. The van der Waals surface area contributed by atoms with Gasteiger partial charge < -0.3 is 4.74 Å². The number of alkyl halides is 3. The predicted octanol–water partition coefficient (Wildman–Crippen LogP) is 3.20. The van der Waals surface area contributed by atoms with E-state index in [9.17, 15) is 13.2 Å². The fourth-order valence-corrected chi connectivity index (χ4v) is 1.28. The van der Waals surface area contributed by atoms with E-state index in [1.165, 1.54) is 6.20 Å². The van der Waals surface area contributed by atoms with Crippen molar-refractivity contribution >= 4 is 22.6 Å². The molecule has 0 fully saturated rings. The summed E-state index contributed by atoms with van der Waals surface area (Å²) in [5.74, 6) is -0.382. The summed E-state index contributed by atoms with van der Waals surface area (Å²) in [5, 5.41) is 0. The molecule has 0 saturated carbocycles. The molecule has 0 unspecified atom stereocenters. The van der Waals surface area contributed by atoms with E-state index in [0.717, 1.165) is 9.13 Å². The van der Waals surface area contributed by atoms with Crippen molar-refractivity contribution in [1.82, 2.24) is 4.98 Å². The predicted molar refractivity (Wildman–Crippen MR) is 53.1 cm³/mol. The molecule has 0 spiro atoms. The molecule has 0 bridgehead atoms. The summed E-state index contributed by atoms with van der Waals surface area (Å²) < 4.78 is 40.2. The smallest absolute Gasteiger partial charge is 0.388 e. The highest BCUT2D eigenvalue weighted by atomic mass is 127. The van der Waals surface area contributed by atoms with Crippen molar-refractivity contribution in [3.8, 4) is 5.88 Å². The quantitative estimate of drug-likeness (QED) is 0.742. The molecule has 0 aliphatic carbocycles. The molecule has 0 atom stereocenters. The van der Waals surface area contributed by atoms with Gasteiger partial charge in [-0.15, -0.1) is 13.2 Å². The Kier molecular flexibility index (Phi) is 3.23. The first-order valence-corrected chi connectivity index (χ1v) is 4.76. The molecule has 1 aromatic rings. The summed E-state index contributed by atoms with van der Waals surface area (Å²) in [6.45, 7) is 3.32. The number of rotatable bonds is 1. The van der Waals surface area contributed by atoms with Crippen molar-refractivity contribution < 1.29 is 17.9 Å². The second-order valence-electron chi connectivity index (χ2n) is 2.73. The number of ether oxygens (including phenoxy) is 1. The minimum absolute atomic E-state index is 0.382. The normalized spacial score (nSPS) is 11.6. The van der Waals surface area contributed by atoms with Crippen molar-refractivity contribution in [1.29, 1.82) is 0 Å². The maximum atomic E-state index is 11.9. The van der Waals surface area contributed by atoms with E-state index in [1.54, 1.807) is 13.8 Å². The molecule has 1 rings (SSSR count). The van der Waals surface area contributed by atoms with Crippen LogP contribution in [0.1, 0.15) is 11.1 Å². The largest absolute Gasteiger partial charge is 0.574 e. The van der Waals surface area contributed by atoms with Crippen LogP contribution in [-0.4, -0.2) is 11.3 Å². The lowest BCUT2D eigenvalue weighted by atomic mass is 10.2. The van der Waals surface area contributed by atoms with Crippen LogP contribution in [0, 0.1) is 17.4 Å². The molecule has 0 aliphatic heterocycles. The summed E-state index contributed by atoms with van der Waals surface area (Å²) in [6, 6.07) is 0. The fourth-order valence-electron chi connectivity index (χ4n) is 0.911. The van der Waals surface area contributed by atoms with Gasteiger partial charge in [0.1, 0.15) is 0 Å². The van der Waals surface area contributed by atoms with E-state index in [2.05, 4.69) is 9.72 Å². The van der Waals surface area contributed by atoms with Crippen molar-refractivity contribution in [2.45, 2.75) is 20.2 Å². The molecule has 0 radical (unpaired) electrons. The van der Waals surface area contributed by atoms with Gasteiger partial charge in [0, 0.05) is 15.3 Å². The fraction of sp³-hybridized carbons (Fsp3) is 0.375. The number of nitrogens with zero attached hydrogens (tertiary/aromatic N) is 1. The van der Waals surface area contributed by atoms with Gasteiger partial charge >= 0.3 is 6.36 Å². The van der Waals surface area contributed by atoms with Gasteiger partial charge in [-0.2, -0.15) is 0 Å². The van der Waals surface area contributed by atoms with E-state index in [1.807, 2.05) is 22.6 Å². The van der Waals surface area contributed by atoms with Gasteiger partial charge in [-0.3, -0.25) is 0 Å². The lowest BCUT2D eigenvalue weighted by Crippen LogP contribution is -2.19. The van der Waals surface area contributed by atoms with Crippen LogP contribution in [0.4, 0.5) is 13.2 Å². The third-order valence-electron chi connectivity index (χ3n) is 1.58. The topological polar surface area (TPSA) is 22.1 Å². The van der Waals surface area contributed by atoms with Crippen molar-refractivity contribution in [2.75, 3.05) is 0 Å². The van der Waals surface area contributed by atoms with Crippen LogP contribution < -0.4 is 4.74 Å². The number of aryl methyl sites for hydroxylation is 1. The maximum Gasteiger partial charge on any atom is 0.574 e. The molecule has 78 valence electrons. The van der Waals surface area contributed by atoms with Gasteiger partial charge in [0.25, 0.3) is 0 Å². The Balaban J connectivity index is 3.06. The molecule has 14 heavy (non-hydrogen) atoms. The van der Waals surface area contributed by atoms with E-state index in [4.69, 9.17) is 0 Å². The Bertz CT molecular complexity index is 351. The first-order chi connectivity index (χ1) is 6.31. The molecule has 0 aliphatic rings. The maximum absolute atomic E-state index is 11.9. The number of hydrogen-bond acceptors (Lipinski definition) is 2. The Morgan fingerprint density at radius 2 is 1.93 bits per heavy atom. The second kappa shape index (κ2) is 3.92. The van der Waals surface area contributed by atoms with Crippen LogP contribution in [0.2, 0.25) is 0 Å². The molecular formula is C8H7F3INO. The van der Waals surface area contributed by atoms with Crippen molar-refractivity contribution in [2.24, 2.45) is 0 Å². The van der Waals surface area contributed by atoms with Gasteiger partial charge in [0.05, 0.1) is 0 Å². The lowest BCUT2D eigenvalue weighted by molar-refractivity contribution is -0.276. The minimum Gasteiger partial charge on any atom is -0.388 e. The van der Waals surface area contributed by atoms with Gasteiger partial charge in [-0.1, -0.05) is 0 Å². The Hall–Kier alpha value is -0.530. The zero-order chi connectivity index (χ0) is 10.9. The van der Waals surface area contributed by atoms with E-state index < -0.39 is 6.36 Å². The Morgan fingerprint density at radius 1 is 1.36 bits per heavy atom. The molecule has 0 aromatic carbocycles. The van der Waals surface area contributed by atoms with Gasteiger partial charge in [-0.25, -0.2) is 4.98 Å². The van der Waals surface area contributed by atoms with E-state index >= 15 is 0 Å². The number of halogens is 4. The van der Waals surface area contributed by atoms with Crippen LogP contribution in [0.3, 0.4) is 0 Å². The molecule has 0 amide bonds. The van der Waals surface area contributed by atoms with Crippen LogP contribution in [0.5, 0.6) is 5.88 Å². The lowest BCUT2D eigenvalue weighted by Gasteiger charge is -2.11. The standard InChI is InChI=1S/C8H7F3INO/c1-4-3-13-7(5(2)6(4)12)14-8(9,10)11/h3H,1-2H3. The summed E-state index contributed by atoms with van der Waals surface area (Å²) in [4.78, 5) is 3.58. The number of pyridine rings is 1. The molecule has 1 heterocycles. The SMILES string of the molecule is Cc1cnc(OC(F)(F)F)c(C)c1I. The van der Waals surface area contributed by atoms with Gasteiger partial charge in [0.2, 0.25) is 5.88 Å². The highest BCUT2D eigenvalue weighted by Gasteiger charge is 2.32. The highest BCUT2D eigenvalue weighted by molar-refractivity contribution is 14.1. The first kappa shape index (κ1) is 11.5. The van der Waals surface area contributed by atoms with E-state index in [-0.39, 0.29) is 5.88 Å². The first-order valence-electron chi connectivity index (χ1n) is 3.68. The van der Waals surface area contributed by atoms with Crippen LogP contribution in [0.15, 0.2) is 6.20 Å². The van der Waals surface area contributed by atoms with Crippen LogP contribution in [0.25, 0.3) is 0 Å².